The van der Waals surface area contributed by atoms with E-state index in [1.165, 1.54) is 22.4 Å². The number of rotatable bonds is 5. The van der Waals surface area contributed by atoms with Crippen LogP contribution in [0.2, 0.25) is 0 Å². The molecule has 0 aliphatic rings. The van der Waals surface area contributed by atoms with Crippen LogP contribution < -0.4 is 5.32 Å². The Balaban J connectivity index is 2.16. The van der Waals surface area contributed by atoms with Gasteiger partial charge in [-0.05, 0) is 43.0 Å². The van der Waals surface area contributed by atoms with Crippen molar-refractivity contribution in [1.82, 2.24) is 0 Å². The van der Waals surface area contributed by atoms with Gasteiger partial charge >= 0.3 is 0 Å². The summed E-state index contributed by atoms with van der Waals surface area (Å²) in [4.78, 5) is 0. The lowest BCUT2D eigenvalue weighted by Crippen LogP contribution is -2.09. The van der Waals surface area contributed by atoms with Crippen LogP contribution in [0.5, 0.6) is 0 Å². The minimum absolute atomic E-state index is 0.382. The van der Waals surface area contributed by atoms with Gasteiger partial charge in [0.05, 0.1) is 6.04 Å². The van der Waals surface area contributed by atoms with E-state index < -0.39 is 0 Å². The van der Waals surface area contributed by atoms with Gasteiger partial charge in [-0.15, -0.1) is 0 Å². The van der Waals surface area contributed by atoms with Crippen molar-refractivity contribution in [3.05, 3.63) is 65.2 Å². The minimum Gasteiger partial charge on any atom is -0.378 e. The Bertz CT molecular complexity index is 513. The van der Waals surface area contributed by atoms with Gasteiger partial charge in [0.1, 0.15) is 0 Å². The van der Waals surface area contributed by atoms with Gasteiger partial charge in [-0.3, -0.25) is 0 Å². The quantitative estimate of drug-likeness (QED) is 0.779. The number of anilines is 1. The highest BCUT2D eigenvalue weighted by molar-refractivity contribution is 5.48. The van der Waals surface area contributed by atoms with Gasteiger partial charge in [0.25, 0.3) is 0 Å². The molecule has 2 aromatic rings. The maximum absolute atomic E-state index is 3.64. The van der Waals surface area contributed by atoms with E-state index in [4.69, 9.17) is 0 Å². The molecule has 0 saturated heterocycles. The van der Waals surface area contributed by atoms with Crippen molar-refractivity contribution in [1.29, 1.82) is 0 Å². The number of hydrogen-bond acceptors (Lipinski definition) is 1. The van der Waals surface area contributed by atoms with Crippen molar-refractivity contribution in [3.8, 4) is 0 Å². The van der Waals surface area contributed by atoms with Crippen molar-refractivity contribution in [2.24, 2.45) is 0 Å². The second kappa shape index (κ2) is 6.42. The number of benzene rings is 2. The lowest BCUT2D eigenvalue weighted by molar-refractivity contribution is 0.749. The molecule has 1 unspecified atom stereocenters. The molecule has 1 nitrogen and oxygen atoms in total. The Kier molecular flexibility index (Phi) is 4.62. The first-order valence-corrected chi connectivity index (χ1v) is 7.15. The Morgan fingerprint density at radius 3 is 2.37 bits per heavy atom. The summed E-state index contributed by atoms with van der Waals surface area (Å²) in [6.07, 6.45) is 2.16. The molecule has 0 aliphatic heterocycles. The molecular weight excluding hydrogens is 230 g/mol. The molecule has 100 valence electrons. The van der Waals surface area contributed by atoms with E-state index in [-0.39, 0.29) is 0 Å². The van der Waals surface area contributed by atoms with Crippen molar-refractivity contribution in [3.63, 3.8) is 0 Å². The lowest BCUT2D eigenvalue weighted by Gasteiger charge is -2.19. The largest absolute Gasteiger partial charge is 0.378 e. The van der Waals surface area contributed by atoms with Crippen LogP contribution in [0.15, 0.2) is 48.5 Å². The van der Waals surface area contributed by atoms with E-state index in [9.17, 15) is 0 Å². The molecule has 0 amide bonds. The molecule has 0 bridgehead atoms. The van der Waals surface area contributed by atoms with Crippen LogP contribution in [-0.4, -0.2) is 0 Å². The van der Waals surface area contributed by atoms with Crippen LogP contribution in [0, 0.1) is 6.92 Å². The molecule has 2 aromatic carbocycles. The Morgan fingerprint density at radius 1 is 1.00 bits per heavy atom. The summed E-state index contributed by atoms with van der Waals surface area (Å²) in [5.74, 6) is 0. The molecule has 2 rings (SSSR count). The van der Waals surface area contributed by atoms with Gasteiger partial charge in [0.15, 0.2) is 0 Å². The third kappa shape index (κ3) is 3.60. The van der Waals surface area contributed by atoms with E-state index in [0.29, 0.717) is 6.04 Å². The zero-order valence-electron chi connectivity index (χ0n) is 12.1. The standard InChI is InChI=1S/C18H23N/c1-4-15-7-6-8-17(13-15)19-18(5-2)16-11-9-14(3)10-12-16/h6-13,18-19H,4-5H2,1-3H3. The van der Waals surface area contributed by atoms with Crippen molar-refractivity contribution in [2.45, 2.75) is 39.7 Å². The third-order valence-electron chi connectivity index (χ3n) is 3.56. The molecule has 19 heavy (non-hydrogen) atoms. The van der Waals surface area contributed by atoms with E-state index in [1.54, 1.807) is 0 Å². The van der Waals surface area contributed by atoms with E-state index >= 15 is 0 Å². The number of nitrogens with one attached hydrogen (secondary N) is 1. The predicted octanol–water partition coefficient (Wildman–Crippen LogP) is 5.12. The summed E-state index contributed by atoms with van der Waals surface area (Å²) in [5.41, 5.74) is 5.26. The molecule has 0 fully saturated rings. The summed E-state index contributed by atoms with van der Waals surface area (Å²) in [7, 11) is 0. The molecule has 0 heterocycles. The highest BCUT2D eigenvalue weighted by atomic mass is 14.9. The minimum atomic E-state index is 0.382. The van der Waals surface area contributed by atoms with Gasteiger partial charge in [0, 0.05) is 5.69 Å². The predicted molar refractivity (Wildman–Crippen MR) is 83.7 cm³/mol. The SMILES string of the molecule is CCc1cccc(NC(CC)c2ccc(C)cc2)c1. The maximum Gasteiger partial charge on any atom is 0.0511 e. The average Bonchev–Trinajstić information content (AvgIpc) is 2.46. The topological polar surface area (TPSA) is 12.0 Å². The highest BCUT2D eigenvalue weighted by Crippen LogP contribution is 2.23. The molecule has 0 spiro atoms. The van der Waals surface area contributed by atoms with Crippen LogP contribution in [0.25, 0.3) is 0 Å². The molecule has 0 aromatic heterocycles. The zero-order chi connectivity index (χ0) is 13.7. The zero-order valence-corrected chi connectivity index (χ0v) is 12.1. The molecule has 1 atom stereocenters. The molecule has 0 aliphatic carbocycles. The molecular formula is C18H23N. The summed E-state index contributed by atoms with van der Waals surface area (Å²) < 4.78 is 0. The van der Waals surface area contributed by atoms with E-state index in [2.05, 4.69) is 74.6 Å². The Labute approximate surface area is 116 Å². The number of hydrogen-bond donors (Lipinski definition) is 1. The summed E-state index contributed by atoms with van der Waals surface area (Å²) in [6, 6.07) is 17.9. The van der Waals surface area contributed by atoms with Gasteiger partial charge in [-0.2, -0.15) is 0 Å². The first-order chi connectivity index (χ1) is 9.22. The molecule has 1 heteroatoms. The van der Waals surface area contributed by atoms with Crippen molar-refractivity contribution >= 4 is 5.69 Å². The van der Waals surface area contributed by atoms with Gasteiger partial charge in [-0.1, -0.05) is 55.8 Å². The number of aryl methyl sites for hydroxylation is 2. The normalized spacial score (nSPS) is 12.2. The fraction of sp³-hybridized carbons (Fsp3) is 0.333. The van der Waals surface area contributed by atoms with Crippen LogP contribution >= 0.6 is 0 Å². The van der Waals surface area contributed by atoms with E-state index in [1.807, 2.05) is 0 Å². The fourth-order valence-electron chi connectivity index (χ4n) is 2.30. The van der Waals surface area contributed by atoms with Crippen LogP contribution in [-0.2, 0) is 6.42 Å². The van der Waals surface area contributed by atoms with Crippen molar-refractivity contribution in [2.75, 3.05) is 5.32 Å². The van der Waals surface area contributed by atoms with Crippen LogP contribution in [0.1, 0.15) is 43.0 Å². The molecule has 0 radical (unpaired) electrons. The second-order valence-corrected chi connectivity index (χ2v) is 5.07. The summed E-state index contributed by atoms with van der Waals surface area (Å²) in [5, 5.41) is 3.64. The lowest BCUT2D eigenvalue weighted by atomic mass is 10.0. The van der Waals surface area contributed by atoms with Gasteiger partial charge < -0.3 is 5.32 Å². The van der Waals surface area contributed by atoms with E-state index in [0.717, 1.165) is 12.8 Å². The third-order valence-corrected chi connectivity index (χ3v) is 3.56. The smallest absolute Gasteiger partial charge is 0.0511 e. The van der Waals surface area contributed by atoms with Crippen LogP contribution in [0.4, 0.5) is 5.69 Å². The Hall–Kier alpha value is -1.76. The molecule has 1 N–H and O–H groups in total. The first-order valence-electron chi connectivity index (χ1n) is 7.15. The summed E-state index contributed by atoms with van der Waals surface area (Å²) in [6.45, 7) is 6.54. The maximum atomic E-state index is 3.64. The average molecular weight is 253 g/mol. The van der Waals surface area contributed by atoms with Crippen LogP contribution in [0.3, 0.4) is 0 Å². The van der Waals surface area contributed by atoms with Gasteiger partial charge in [0.2, 0.25) is 0 Å². The molecule has 0 saturated carbocycles. The fourth-order valence-corrected chi connectivity index (χ4v) is 2.30. The second-order valence-electron chi connectivity index (χ2n) is 5.07. The first kappa shape index (κ1) is 13.7. The monoisotopic (exact) mass is 253 g/mol. The van der Waals surface area contributed by atoms with Gasteiger partial charge in [-0.25, -0.2) is 0 Å². The van der Waals surface area contributed by atoms with Crippen molar-refractivity contribution < 1.29 is 0 Å². The summed E-state index contributed by atoms with van der Waals surface area (Å²) >= 11 is 0. The Morgan fingerprint density at radius 2 is 1.74 bits per heavy atom. The highest BCUT2D eigenvalue weighted by Gasteiger charge is 2.08.